The van der Waals surface area contributed by atoms with E-state index in [0.29, 0.717) is 25.2 Å². The number of carboxylic acids is 1. The molecule has 2 atom stereocenters. The summed E-state index contributed by atoms with van der Waals surface area (Å²) in [7, 11) is 0. The Morgan fingerprint density at radius 1 is 1.48 bits per heavy atom. The van der Waals surface area contributed by atoms with Gasteiger partial charge in [0.1, 0.15) is 5.69 Å². The maximum absolute atomic E-state index is 11.9. The second-order valence-corrected chi connectivity index (χ2v) is 6.82. The van der Waals surface area contributed by atoms with Crippen LogP contribution >= 0.6 is 0 Å². The predicted octanol–water partition coefficient (Wildman–Crippen LogP) is 2.25. The van der Waals surface area contributed by atoms with Crippen LogP contribution in [0.2, 0.25) is 0 Å². The Bertz CT molecular complexity index is 705. The molecule has 2 N–H and O–H groups in total. The van der Waals surface area contributed by atoms with Gasteiger partial charge in [-0.2, -0.15) is 0 Å². The molecule has 7 nitrogen and oxygen atoms in total. The topological polar surface area (TPSA) is 95.7 Å². The van der Waals surface area contributed by atoms with Gasteiger partial charge in [0, 0.05) is 37.0 Å². The zero-order valence-electron chi connectivity index (χ0n) is 12.7. The highest BCUT2D eigenvalue weighted by atomic mass is 16.6. The van der Waals surface area contributed by atoms with E-state index >= 15 is 0 Å². The van der Waals surface area contributed by atoms with Crippen molar-refractivity contribution in [1.29, 1.82) is 0 Å². The third-order valence-corrected chi connectivity index (χ3v) is 5.76. The summed E-state index contributed by atoms with van der Waals surface area (Å²) < 4.78 is 0. The number of hydrogen-bond acceptors (Lipinski definition) is 5. The summed E-state index contributed by atoms with van der Waals surface area (Å²) in [5, 5.41) is 24.5. The van der Waals surface area contributed by atoms with Crippen LogP contribution in [0.1, 0.15) is 24.8 Å². The molecule has 1 saturated heterocycles. The number of nitrogens with one attached hydrogen (secondary N) is 1. The molecule has 1 aromatic rings. The Hall–Kier alpha value is -2.31. The van der Waals surface area contributed by atoms with Crippen LogP contribution in [0.4, 0.5) is 17.1 Å². The van der Waals surface area contributed by atoms with Crippen molar-refractivity contribution in [3.05, 3.63) is 27.8 Å². The minimum Gasteiger partial charge on any atom is -0.481 e. The van der Waals surface area contributed by atoms with Crippen molar-refractivity contribution in [3.8, 4) is 0 Å². The monoisotopic (exact) mass is 317 g/mol. The van der Waals surface area contributed by atoms with Crippen LogP contribution in [0.5, 0.6) is 0 Å². The van der Waals surface area contributed by atoms with E-state index in [1.54, 1.807) is 6.07 Å². The number of carbonyl (C=O) groups is 1. The fraction of sp³-hybridized carbons (Fsp3) is 0.562. The quantitative estimate of drug-likeness (QED) is 0.656. The molecule has 2 fully saturated rings. The van der Waals surface area contributed by atoms with Gasteiger partial charge < -0.3 is 15.3 Å². The number of carboxylic acid groups (broad SMARTS) is 1. The molecule has 0 aromatic heterocycles. The third-order valence-electron chi connectivity index (χ3n) is 5.76. The molecular formula is C16H19N3O4. The molecule has 1 saturated carbocycles. The lowest BCUT2D eigenvalue weighted by Gasteiger charge is -2.25. The van der Waals surface area contributed by atoms with Crippen LogP contribution in [0, 0.1) is 21.4 Å². The summed E-state index contributed by atoms with van der Waals surface area (Å²) in [5.74, 6) is -0.666. The van der Waals surface area contributed by atoms with Crippen molar-refractivity contribution in [2.45, 2.75) is 25.7 Å². The smallest absolute Gasteiger partial charge is 0.311 e. The lowest BCUT2D eigenvalue weighted by molar-refractivity contribution is -0.384. The van der Waals surface area contributed by atoms with Gasteiger partial charge in [-0.15, -0.1) is 0 Å². The Morgan fingerprint density at radius 2 is 2.30 bits per heavy atom. The summed E-state index contributed by atoms with van der Waals surface area (Å²) in [4.78, 5) is 25.0. The van der Waals surface area contributed by atoms with Crippen LogP contribution in [0.25, 0.3) is 0 Å². The zero-order valence-corrected chi connectivity index (χ0v) is 12.7. The molecule has 2 heterocycles. The van der Waals surface area contributed by atoms with Gasteiger partial charge in [0.25, 0.3) is 5.69 Å². The highest BCUT2D eigenvalue weighted by Crippen LogP contribution is 2.52. The summed E-state index contributed by atoms with van der Waals surface area (Å²) in [6, 6.07) is 3.29. The van der Waals surface area contributed by atoms with Gasteiger partial charge in [-0.25, -0.2) is 0 Å². The normalized spacial score (nSPS) is 28.3. The number of aliphatic carboxylic acids is 1. The Labute approximate surface area is 133 Å². The van der Waals surface area contributed by atoms with Crippen molar-refractivity contribution in [1.82, 2.24) is 0 Å². The van der Waals surface area contributed by atoms with E-state index in [9.17, 15) is 20.0 Å². The van der Waals surface area contributed by atoms with Crippen molar-refractivity contribution in [2.75, 3.05) is 29.9 Å². The van der Waals surface area contributed by atoms with Crippen molar-refractivity contribution < 1.29 is 14.8 Å². The van der Waals surface area contributed by atoms with Gasteiger partial charge >= 0.3 is 5.97 Å². The van der Waals surface area contributed by atoms with E-state index in [0.717, 1.165) is 37.1 Å². The van der Waals surface area contributed by atoms with Crippen molar-refractivity contribution >= 4 is 23.0 Å². The van der Waals surface area contributed by atoms with E-state index in [4.69, 9.17) is 0 Å². The Balaban J connectivity index is 1.79. The summed E-state index contributed by atoms with van der Waals surface area (Å²) in [6.45, 7) is 1.75. The average Bonchev–Trinajstić information content (AvgIpc) is 3.19. The third kappa shape index (κ3) is 1.92. The van der Waals surface area contributed by atoms with Crippen molar-refractivity contribution in [3.63, 3.8) is 0 Å². The molecule has 23 heavy (non-hydrogen) atoms. The van der Waals surface area contributed by atoms with Crippen LogP contribution < -0.4 is 10.2 Å². The number of nitro groups is 1. The van der Waals surface area contributed by atoms with Crippen molar-refractivity contribution in [2.24, 2.45) is 11.3 Å². The number of anilines is 2. The van der Waals surface area contributed by atoms with E-state index in [1.807, 2.05) is 4.90 Å². The number of nitro benzene ring substituents is 1. The maximum Gasteiger partial charge on any atom is 0.311 e. The van der Waals surface area contributed by atoms with Gasteiger partial charge in [-0.05, 0) is 31.2 Å². The second kappa shape index (κ2) is 4.84. The van der Waals surface area contributed by atoms with Crippen LogP contribution in [-0.2, 0) is 11.2 Å². The second-order valence-electron chi connectivity index (χ2n) is 6.82. The molecule has 0 amide bonds. The molecule has 0 unspecified atom stereocenters. The SMILES string of the molecule is O=C(O)[C@@]12CCC[C@H]1CN(c1c([N+](=O)[O-])ccc3c1CCN3)C2. The molecule has 3 aliphatic rings. The van der Waals surface area contributed by atoms with Crippen LogP contribution in [0.3, 0.4) is 0 Å². The van der Waals surface area contributed by atoms with E-state index < -0.39 is 11.4 Å². The van der Waals surface area contributed by atoms with E-state index in [2.05, 4.69) is 5.32 Å². The lowest BCUT2D eigenvalue weighted by Crippen LogP contribution is -2.36. The first-order valence-corrected chi connectivity index (χ1v) is 8.05. The Kier molecular flexibility index (Phi) is 3.01. The molecule has 1 aliphatic carbocycles. The molecule has 0 spiro atoms. The van der Waals surface area contributed by atoms with Gasteiger partial charge in [-0.3, -0.25) is 14.9 Å². The largest absolute Gasteiger partial charge is 0.481 e. The number of nitrogens with zero attached hydrogens (tertiary/aromatic N) is 2. The highest BCUT2D eigenvalue weighted by molar-refractivity contribution is 5.82. The minimum atomic E-state index is -0.754. The predicted molar refractivity (Wildman–Crippen MR) is 84.9 cm³/mol. The van der Waals surface area contributed by atoms with E-state index in [1.165, 1.54) is 6.07 Å². The van der Waals surface area contributed by atoms with Crippen LogP contribution in [0.15, 0.2) is 12.1 Å². The van der Waals surface area contributed by atoms with Gasteiger partial charge in [0.2, 0.25) is 0 Å². The molecule has 122 valence electrons. The fourth-order valence-electron chi connectivity index (χ4n) is 4.67. The molecule has 1 aromatic carbocycles. The lowest BCUT2D eigenvalue weighted by atomic mass is 9.81. The highest BCUT2D eigenvalue weighted by Gasteiger charge is 2.55. The number of benzene rings is 1. The molecule has 4 rings (SSSR count). The number of fused-ring (bicyclic) bond motifs is 2. The van der Waals surface area contributed by atoms with Crippen LogP contribution in [-0.4, -0.2) is 35.6 Å². The summed E-state index contributed by atoms with van der Waals surface area (Å²) >= 11 is 0. The van der Waals surface area contributed by atoms with Gasteiger partial charge in [0.05, 0.1) is 10.3 Å². The molecular weight excluding hydrogens is 298 g/mol. The van der Waals surface area contributed by atoms with E-state index in [-0.39, 0.29) is 16.5 Å². The number of hydrogen-bond donors (Lipinski definition) is 2. The molecule has 7 heteroatoms. The molecule has 2 aliphatic heterocycles. The standard InChI is InChI=1S/C16H19N3O4/c20-15(21)16-6-1-2-10(16)8-18(9-16)14-11-5-7-17-12(11)3-4-13(14)19(22)23/h3-4,10,17H,1-2,5-9H2,(H,20,21)/t10-,16+/m0/s1. The summed E-state index contributed by atoms with van der Waals surface area (Å²) in [6.07, 6.45) is 3.24. The minimum absolute atomic E-state index is 0.0878. The van der Waals surface area contributed by atoms with Gasteiger partial charge in [-0.1, -0.05) is 6.42 Å². The first-order chi connectivity index (χ1) is 11.0. The maximum atomic E-state index is 11.9. The number of rotatable bonds is 3. The first kappa shape index (κ1) is 14.3. The fourth-order valence-corrected chi connectivity index (χ4v) is 4.67. The first-order valence-electron chi connectivity index (χ1n) is 8.05. The average molecular weight is 317 g/mol. The zero-order chi connectivity index (χ0) is 16.2. The molecule has 0 radical (unpaired) electrons. The van der Waals surface area contributed by atoms with Gasteiger partial charge in [0.15, 0.2) is 0 Å². The summed E-state index contributed by atoms with van der Waals surface area (Å²) in [5.41, 5.74) is 1.88. The molecule has 0 bridgehead atoms. The Morgan fingerprint density at radius 3 is 3.00 bits per heavy atom.